The Hall–Kier alpha value is -4.61. The molecule has 25 N–H and O–H groups in total. The molecule has 2 saturated carbocycles. The summed E-state index contributed by atoms with van der Waals surface area (Å²) in [7, 11) is 17.0. The Morgan fingerprint density at radius 1 is 0.578 bits per heavy atom. The molecule has 7 saturated heterocycles. The number of likely N-dealkylation sites (N-methyl/N-ethyl adjacent to an activating group) is 2. The van der Waals surface area contributed by atoms with Gasteiger partial charge in [0.05, 0.1) is 80.4 Å². The molecule has 11 rings (SSSR count). The van der Waals surface area contributed by atoms with Crippen LogP contribution in [0.4, 0.5) is 14.4 Å². The Balaban J connectivity index is 0.000000237. The highest BCUT2D eigenvalue weighted by atomic mass is 16.8. The molecule has 37 nitrogen and oxygen atoms in total. The van der Waals surface area contributed by atoms with E-state index in [0.29, 0.717) is 0 Å². The van der Waals surface area contributed by atoms with Gasteiger partial charge in [-0.05, 0) is 43.9 Å². The minimum absolute atomic E-state index is 0.0337. The smallest absolute Gasteiger partial charge is 0.410 e. The summed E-state index contributed by atoms with van der Waals surface area (Å²) < 4.78 is 76.7. The molecule has 16 unspecified atom stereocenters. The molecule has 564 valence electrons. The zero-order valence-electron chi connectivity index (χ0n) is 56.4. The lowest BCUT2D eigenvalue weighted by atomic mass is 9.08. The van der Waals surface area contributed by atoms with Crippen molar-refractivity contribution < 1.29 is 132 Å². The van der Waals surface area contributed by atoms with Gasteiger partial charge in [0.2, 0.25) is 0 Å². The molecule has 0 spiro atoms. The molecule has 0 aromatic heterocycles. The van der Waals surface area contributed by atoms with Crippen LogP contribution in [-0.4, -0.2) is 345 Å². The maximum absolute atomic E-state index is 13.2. The van der Waals surface area contributed by atoms with E-state index in [1.54, 1.807) is 62.5 Å². The molecule has 9 fully saturated rings. The molecule has 7 aliphatic heterocycles. The fourth-order valence-electron chi connectivity index (χ4n) is 13.6. The van der Waals surface area contributed by atoms with Crippen LogP contribution in [-0.2, 0) is 74.8 Å². The third-order valence-corrected chi connectivity index (χ3v) is 19.3. The van der Waals surface area contributed by atoms with Crippen LogP contribution in [0.3, 0.4) is 0 Å². The maximum Gasteiger partial charge on any atom is 0.410 e. The third kappa shape index (κ3) is 19.8. The summed E-state index contributed by atoms with van der Waals surface area (Å²) in [5.41, 5.74) is 31.1. The average Bonchev–Trinajstić information content (AvgIpc) is 1.48. The van der Waals surface area contributed by atoms with Crippen molar-refractivity contribution in [1.82, 2.24) is 26.2 Å². The normalized spacial score (nSPS) is 42.3. The van der Waals surface area contributed by atoms with Crippen LogP contribution in [0.15, 0.2) is 60.7 Å². The van der Waals surface area contributed by atoms with E-state index in [9.17, 15) is 65.4 Å². The van der Waals surface area contributed by atoms with Gasteiger partial charge in [0, 0.05) is 54.6 Å². The van der Waals surface area contributed by atoms with Gasteiger partial charge >= 0.3 is 18.3 Å². The minimum Gasteiger partial charge on any atom is -0.445 e. The molecule has 0 bridgehead atoms. The van der Waals surface area contributed by atoms with Crippen LogP contribution >= 0.6 is 0 Å². The summed E-state index contributed by atoms with van der Waals surface area (Å²) in [5.74, 6) is -0.437. The topological polar surface area (TPSA) is 575 Å². The van der Waals surface area contributed by atoms with Crippen LogP contribution in [0.25, 0.3) is 0 Å². The quantitative estimate of drug-likeness (QED) is 0.0353. The van der Waals surface area contributed by atoms with E-state index >= 15 is 0 Å². The Morgan fingerprint density at radius 3 is 1.71 bits per heavy atom. The summed E-state index contributed by atoms with van der Waals surface area (Å²) in [6.45, 7) is 0.947. The number of rotatable bonds is 19. The summed E-state index contributed by atoms with van der Waals surface area (Å²) in [6.07, 6.45) is -30.4. The van der Waals surface area contributed by atoms with Crippen molar-refractivity contribution in [2.75, 3.05) is 33.9 Å². The van der Waals surface area contributed by atoms with Crippen molar-refractivity contribution in [3.05, 3.63) is 71.8 Å². The second kappa shape index (κ2) is 36.8. The van der Waals surface area contributed by atoms with Crippen molar-refractivity contribution in [3.8, 4) is 0 Å². The molecule has 6 radical (unpaired) electrons. The standard InChI is InChI=1S/C38H50N4O15.C23H46N6O12.B4/c1-18-13-24-31(32-25(42(2)38(49)56-32)34(53-24)57-35-29(46)26(43)21(39)17-50-35)55-33(18)54-30-23(41-37(48)52-16-20-11-7-4-8-12-20)14-22(27(44)28(30)45)40-36(47)51-15-19-9-5-3-6-10-19;1-28-12-15(33)19-11(3-8(26)21(40-19)39-18-7(25)2-6(24)13(31)16(18)34)38-22(12)41-23-17(35)14(32)10(5-37-23)29-20(36)9(27)4-30;1-4(2)3/h3-12,18,21-35,43-46H,13-17,39H2,1-2H3,(H,40,47)(H,41,48);6-23,28-36H,2-5,24-27H2,1H3;/t18-,21+,22+,23?,24-,25?,26?,27?,28+,29?,30+,31?,32?,33-,34?,35?;6-,7?,8+,9+,10-,11+,12?,13?,14+,15?,16-,17?,18-,19?,20-,21+,22?,23-;/m01./s1. The second-order valence-corrected chi connectivity index (χ2v) is 26.9. The molecule has 9 aliphatic rings. The number of nitrogens with one attached hydrogen (secondary N) is 4. The highest BCUT2D eigenvalue weighted by Crippen LogP contribution is 2.43. The highest BCUT2D eigenvalue weighted by molar-refractivity contribution is 7.49. The van der Waals surface area contributed by atoms with Crippen molar-refractivity contribution >= 4 is 47.9 Å². The Morgan fingerprint density at radius 2 is 1.10 bits per heavy atom. The number of benzene rings is 2. The van der Waals surface area contributed by atoms with E-state index in [-0.39, 0.29) is 52.1 Å². The van der Waals surface area contributed by atoms with Crippen molar-refractivity contribution in [1.29, 1.82) is 0 Å². The molecule has 34 atom stereocenters. The number of ether oxygens (including phenoxy) is 13. The van der Waals surface area contributed by atoms with Crippen molar-refractivity contribution in [2.24, 2.45) is 34.6 Å². The Kier molecular flexibility index (Phi) is 29.4. The summed E-state index contributed by atoms with van der Waals surface area (Å²) in [4.78, 5) is 40.2. The van der Waals surface area contributed by atoms with E-state index in [0.717, 1.165) is 11.1 Å². The van der Waals surface area contributed by atoms with Gasteiger partial charge in [0.25, 0.3) is 0 Å². The van der Waals surface area contributed by atoms with Gasteiger partial charge in [0.15, 0.2) is 43.8 Å². The molecule has 102 heavy (non-hydrogen) atoms. The summed E-state index contributed by atoms with van der Waals surface area (Å²) in [5, 5.41) is 127. The van der Waals surface area contributed by atoms with Gasteiger partial charge in [-0.3, -0.25) is 10.2 Å². The molecule has 2 aromatic rings. The van der Waals surface area contributed by atoms with E-state index in [4.69, 9.17) is 95.4 Å². The van der Waals surface area contributed by atoms with Crippen molar-refractivity contribution in [3.63, 3.8) is 0 Å². The zero-order valence-corrected chi connectivity index (χ0v) is 56.4. The lowest BCUT2D eigenvalue weighted by Crippen LogP contribution is -2.70. The van der Waals surface area contributed by atoms with Gasteiger partial charge < -0.3 is 162 Å². The molecule has 41 heteroatoms. The average molecular weight is 1440 g/mol. The number of nitrogens with zero attached hydrogens (tertiary/aromatic N) is 1. The van der Waals surface area contributed by atoms with Gasteiger partial charge in [-0.15, -0.1) is 0 Å². The Labute approximate surface area is 592 Å². The number of hydrogen-bond donors (Lipinski definition) is 20. The number of carbonyl (C=O) groups excluding carboxylic acids is 3. The third-order valence-electron chi connectivity index (χ3n) is 19.3. The van der Waals surface area contributed by atoms with Gasteiger partial charge in [0.1, 0.15) is 98.7 Å². The highest BCUT2D eigenvalue weighted by Gasteiger charge is 2.61. The van der Waals surface area contributed by atoms with Gasteiger partial charge in [-0.2, -0.15) is 0 Å². The van der Waals surface area contributed by atoms with Crippen LogP contribution in [0.5, 0.6) is 0 Å². The van der Waals surface area contributed by atoms with Crippen LogP contribution in [0.1, 0.15) is 43.7 Å². The molecular weight excluding hydrogens is 1350 g/mol. The molecule has 7 heterocycles. The zero-order chi connectivity index (χ0) is 74.1. The summed E-state index contributed by atoms with van der Waals surface area (Å²) in [6, 6.07) is 9.22. The second-order valence-electron chi connectivity index (χ2n) is 26.9. The van der Waals surface area contributed by atoms with Gasteiger partial charge in [-0.25, -0.2) is 14.4 Å². The number of nitrogens with two attached hydrogens (primary N) is 5. The number of aliphatic hydroxyl groups is 11. The lowest BCUT2D eigenvalue weighted by Gasteiger charge is -2.51. The molecular formula is C61H96B4N10O27. The van der Waals surface area contributed by atoms with Crippen LogP contribution in [0, 0.1) is 5.92 Å². The molecule has 3 amide bonds. The fourth-order valence-corrected chi connectivity index (χ4v) is 13.6. The molecule has 2 aromatic carbocycles. The van der Waals surface area contributed by atoms with Crippen LogP contribution in [0.2, 0.25) is 0 Å². The van der Waals surface area contributed by atoms with Gasteiger partial charge in [-0.1, -0.05) is 67.6 Å². The number of hydrogen-bond acceptors (Lipinski definition) is 34. The van der Waals surface area contributed by atoms with E-state index in [1.807, 2.05) is 12.1 Å². The first kappa shape index (κ1) is 81.5. The number of carbonyl (C=O) groups is 3. The predicted octanol–water partition coefficient (Wildman–Crippen LogP) is -9.76. The van der Waals surface area contributed by atoms with Crippen LogP contribution < -0.4 is 49.9 Å². The lowest BCUT2D eigenvalue weighted by molar-refractivity contribution is -0.369. The number of amides is 3. The maximum atomic E-state index is 13.2. The SMILES string of the molecule is CNC1C(O[C@H]2OC[C@@H](N[C@H](O)[C@@H](N)CO)[C@H](O)C2O)O[C@H]2C[C@H](N)[C@@H](O[C@@H]3C(N)C[C@@H](N)C(O)[C@H]3O)OC2C1O.C[C@H]1C[C@@H]2OC(OC3OC[C@@H](N)C(O)C3O)C3C(OC(=O)N3C)C2O[C@@H]1O[C@@H]1C(NC(=O)OCc2ccccc2)C[C@@H](NC(=O)OCc2ccccc2)C(O)[C@H]1O.[B]B([B])[B]. The first-order valence-electron chi connectivity index (χ1n) is 33.7. The first-order chi connectivity index (χ1) is 48.5. The van der Waals surface area contributed by atoms with Crippen molar-refractivity contribution in [2.45, 2.75) is 248 Å². The largest absolute Gasteiger partial charge is 0.445 e. The fraction of sp³-hybridized carbons (Fsp3) is 0.754. The predicted molar refractivity (Wildman–Crippen MR) is 352 cm³/mol. The first-order valence-corrected chi connectivity index (χ1v) is 33.7. The Bertz CT molecular complexity index is 2940. The van der Waals surface area contributed by atoms with E-state index < -0.39 is 239 Å². The van der Waals surface area contributed by atoms with E-state index in [2.05, 4.69) is 44.5 Å². The summed E-state index contributed by atoms with van der Waals surface area (Å²) >= 11 is 0. The monoisotopic (exact) mass is 1440 g/mol. The minimum atomic E-state index is -1.65. The molecule has 2 aliphatic carbocycles. The number of aliphatic hydroxyl groups excluding tert-OH is 11. The van der Waals surface area contributed by atoms with E-state index in [1.165, 1.54) is 11.9 Å². The number of fused-ring (bicyclic) bond motifs is 4. The number of alkyl carbamates (subject to hydrolysis) is 2.